The number of carbonyl (C=O) groups is 2. The van der Waals surface area contributed by atoms with Gasteiger partial charge in [0.1, 0.15) is 0 Å². The molecular weight excluding hydrogens is 404 g/mol. The quantitative estimate of drug-likeness (QED) is 0.784. The molecular formula is C19H18BrClN2O2. The topological polar surface area (TPSA) is 49.4 Å². The van der Waals surface area contributed by atoms with E-state index >= 15 is 0 Å². The van der Waals surface area contributed by atoms with Gasteiger partial charge < -0.3 is 10.2 Å². The van der Waals surface area contributed by atoms with Gasteiger partial charge in [0.05, 0.1) is 10.6 Å². The first-order valence-corrected chi connectivity index (χ1v) is 9.21. The second-order valence-electron chi connectivity index (χ2n) is 6.23. The van der Waals surface area contributed by atoms with Gasteiger partial charge in [-0.25, -0.2) is 0 Å². The number of benzene rings is 2. The normalized spacial score (nSPS) is 13.4. The van der Waals surface area contributed by atoms with Crippen LogP contribution >= 0.6 is 27.5 Å². The molecule has 6 heteroatoms. The Morgan fingerprint density at radius 2 is 1.88 bits per heavy atom. The maximum Gasteiger partial charge on any atom is 0.255 e. The Bertz CT molecular complexity index is 804. The van der Waals surface area contributed by atoms with Crippen molar-refractivity contribution in [3.05, 3.63) is 68.7 Å². The summed E-state index contributed by atoms with van der Waals surface area (Å²) >= 11 is 9.48. The van der Waals surface area contributed by atoms with Crippen molar-refractivity contribution in [3.8, 4) is 0 Å². The van der Waals surface area contributed by atoms with Gasteiger partial charge in [0.2, 0.25) is 0 Å². The lowest BCUT2D eigenvalue weighted by molar-refractivity contribution is 0.0784. The molecule has 0 unspecified atom stereocenters. The summed E-state index contributed by atoms with van der Waals surface area (Å²) in [6.07, 6.45) is 2.13. The van der Waals surface area contributed by atoms with E-state index < -0.39 is 0 Å². The van der Waals surface area contributed by atoms with Crippen LogP contribution in [0.5, 0.6) is 0 Å². The first kappa shape index (κ1) is 18.0. The molecule has 1 saturated carbocycles. The van der Waals surface area contributed by atoms with Crippen LogP contribution in [0.1, 0.15) is 39.1 Å². The third-order valence-corrected chi connectivity index (χ3v) is 4.88. The van der Waals surface area contributed by atoms with Gasteiger partial charge in [-0.05, 0) is 48.7 Å². The van der Waals surface area contributed by atoms with E-state index in [-0.39, 0.29) is 11.8 Å². The highest BCUT2D eigenvalue weighted by atomic mass is 79.9. The first-order valence-electron chi connectivity index (χ1n) is 8.04. The Labute approximate surface area is 160 Å². The van der Waals surface area contributed by atoms with E-state index in [9.17, 15) is 9.59 Å². The van der Waals surface area contributed by atoms with Crippen LogP contribution < -0.4 is 5.32 Å². The summed E-state index contributed by atoms with van der Waals surface area (Å²) in [6, 6.07) is 12.9. The second-order valence-corrected chi connectivity index (χ2v) is 7.55. The Balaban J connectivity index is 1.65. The van der Waals surface area contributed by atoms with Crippen LogP contribution in [0.4, 0.5) is 0 Å². The van der Waals surface area contributed by atoms with Crippen LogP contribution in [0.3, 0.4) is 0 Å². The fourth-order valence-electron chi connectivity index (χ4n) is 2.47. The molecule has 0 aliphatic heterocycles. The van der Waals surface area contributed by atoms with Crippen LogP contribution in [0, 0.1) is 0 Å². The Morgan fingerprint density at radius 3 is 2.52 bits per heavy atom. The highest BCUT2D eigenvalue weighted by Gasteiger charge is 2.23. The van der Waals surface area contributed by atoms with E-state index in [2.05, 4.69) is 21.2 Å². The van der Waals surface area contributed by atoms with Gasteiger partial charge in [-0.3, -0.25) is 9.59 Å². The lowest BCUT2D eigenvalue weighted by Crippen LogP contribution is -2.27. The smallest absolute Gasteiger partial charge is 0.255 e. The van der Waals surface area contributed by atoms with Crippen LogP contribution in [0.2, 0.25) is 5.02 Å². The summed E-state index contributed by atoms with van der Waals surface area (Å²) in [5.74, 6) is -0.193. The molecule has 1 fully saturated rings. The zero-order chi connectivity index (χ0) is 18.0. The fourth-order valence-corrected chi connectivity index (χ4v) is 3.03. The number of carbonyl (C=O) groups excluding carboxylic acids is 2. The minimum atomic E-state index is -0.151. The van der Waals surface area contributed by atoms with Gasteiger partial charge in [0.25, 0.3) is 11.8 Å². The van der Waals surface area contributed by atoms with E-state index in [1.807, 2.05) is 12.1 Å². The number of nitrogens with one attached hydrogen (secondary N) is 1. The minimum absolute atomic E-state index is 0.0422. The molecule has 0 aromatic heterocycles. The average molecular weight is 422 g/mol. The lowest BCUT2D eigenvalue weighted by atomic mass is 10.1. The van der Waals surface area contributed by atoms with E-state index in [0.29, 0.717) is 28.7 Å². The number of hydrogen-bond donors (Lipinski definition) is 1. The number of amides is 2. The van der Waals surface area contributed by atoms with Gasteiger partial charge in [-0.1, -0.05) is 39.7 Å². The van der Waals surface area contributed by atoms with E-state index in [1.54, 1.807) is 42.3 Å². The van der Waals surface area contributed by atoms with Crippen molar-refractivity contribution in [1.82, 2.24) is 10.2 Å². The molecule has 2 aromatic carbocycles. The van der Waals surface area contributed by atoms with Crippen LogP contribution in [0.15, 0.2) is 46.9 Å². The molecule has 0 atom stereocenters. The van der Waals surface area contributed by atoms with Crippen molar-refractivity contribution >= 4 is 39.3 Å². The summed E-state index contributed by atoms with van der Waals surface area (Å²) in [4.78, 5) is 26.2. The number of nitrogens with zero attached hydrogens (tertiary/aromatic N) is 1. The number of halogens is 2. The molecule has 3 rings (SSSR count). The van der Waals surface area contributed by atoms with Gasteiger partial charge in [-0.2, -0.15) is 0 Å². The SMILES string of the molecule is CN(Cc1ccc(C(=O)NC2CC2)cc1)C(=O)c1cc(Br)ccc1Cl. The third-order valence-electron chi connectivity index (χ3n) is 4.05. The van der Waals surface area contributed by atoms with Crippen molar-refractivity contribution in [3.63, 3.8) is 0 Å². The molecule has 130 valence electrons. The van der Waals surface area contributed by atoms with Crippen LogP contribution in [-0.4, -0.2) is 29.8 Å². The fraction of sp³-hybridized carbons (Fsp3) is 0.263. The van der Waals surface area contributed by atoms with Gasteiger partial charge in [0, 0.05) is 29.7 Å². The van der Waals surface area contributed by atoms with Crippen molar-refractivity contribution in [2.75, 3.05) is 7.05 Å². The van der Waals surface area contributed by atoms with Gasteiger partial charge in [0.15, 0.2) is 0 Å². The predicted octanol–water partition coefficient (Wildman–Crippen LogP) is 4.27. The lowest BCUT2D eigenvalue weighted by Gasteiger charge is -2.18. The standard InChI is InChI=1S/C19H18BrClN2O2/c1-23(19(25)16-10-14(20)6-9-17(16)21)11-12-2-4-13(5-3-12)18(24)22-15-7-8-15/h2-6,9-10,15H,7-8,11H2,1H3,(H,22,24). The molecule has 2 amide bonds. The molecule has 0 radical (unpaired) electrons. The monoisotopic (exact) mass is 420 g/mol. The van der Waals surface area contributed by atoms with E-state index in [4.69, 9.17) is 11.6 Å². The maximum absolute atomic E-state index is 12.6. The zero-order valence-electron chi connectivity index (χ0n) is 13.8. The summed E-state index contributed by atoms with van der Waals surface area (Å²) < 4.78 is 0.805. The molecule has 1 aliphatic carbocycles. The molecule has 1 aliphatic rings. The Hall–Kier alpha value is -1.85. The zero-order valence-corrected chi connectivity index (χ0v) is 16.1. The number of hydrogen-bond acceptors (Lipinski definition) is 2. The first-order chi connectivity index (χ1) is 11.9. The third kappa shape index (κ3) is 4.61. The summed E-state index contributed by atoms with van der Waals surface area (Å²) in [6.45, 7) is 0.437. The van der Waals surface area contributed by atoms with Crippen LogP contribution in [0.25, 0.3) is 0 Å². The average Bonchev–Trinajstić information content (AvgIpc) is 3.41. The summed E-state index contributed by atoms with van der Waals surface area (Å²) in [7, 11) is 1.73. The molecule has 4 nitrogen and oxygen atoms in total. The number of rotatable bonds is 5. The largest absolute Gasteiger partial charge is 0.349 e. The Kier molecular flexibility index (Phi) is 5.45. The molecule has 0 spiro atoms. The van der Waals surface area contributed by atoms with Crippen molar-refractivity contribution < 1.29 is 9.59 Å². The molecule has 1 N–H and O–H groups in total. The van der Waals surface area contributed by atoms with Crippen molar-refractivity contribution in [2.24, 2.45) is 0 Å². The Morgan fingerprint density at radius 1 is 1.20 bits per heavy atom. The van der Waals surface area contributed by atoms with Crippen LogP contribution in [-0.2, 0) is 6.54 Å². The molecule has 0 heterocycles. The minimum Gasteiger partial charge on any atom is -0.349 e. The molecule has 25 heavy (non-hydrogen) atoms. The highest BCUT2D eigenvalue weighted by molar-refractivity contribution is 9.10. The van der Waals surface area contributed by atoms with E-state index in [1.165, 1.54) is 0 Å². The molecule has 2 aromatic rings. The molecule has 0 bridgehead atoms. The van der Waals surface area contributed by atoms with Gasteiger partial charge in [-0.15, -0.1) is 0 Å². The summed E-state index contributed by atoms with van der Waals surface area (Å²) in [5, 5.41) is 3.38. The van der Waals surface area contributed by atoms with Gasteiger partial charge >= 0.3 is 0 Å². The van der Waals surface area contributed by atoms with Crippen molar-refractivity contribution in [1.29, 1.82) is 0 Å². The van der Waals surface area contributed by atoms with E-state index in [0.717, 1.165) is 22.9 Å². The summed E-state index contributed by atoms with van der Waals surface area (Å²) in [5.41, 5.74) is 2.04. The highest BCUT2D eigenvalue weighted by Crippen LogP contribution is 2.23. The maximum atomic E-state index is 12.6. The molecule has 0 saturated heterocycles. The second kappa shape index (κ2) is 7.58. The predicted molar refractivity (Wildman–Crippen MR) is 102 cm³/mol. The van der Waals surface area contributed by atoms with Crippen molar-refractivity contribution in [2.45, 2.75) is 25.4 Å².